The van der Waals surface area contributed by atoms with E-state index in [0.717, 1.165) is 18.8 Å². The Balaban J connectivity index is 1.55. The molecule has 1 fully saturated rings. The van der Waals surface area contributed by atoms with Gasteiger partial charge in [0.05, 0.1) is 0 Å². The van der Waals surface area contributed by atoms with Crippen LogP contribution in [0, 0.1) is 12.7 Å². The van der Waals surface area contributed by atoms with Crippen LogP contribution in [-0.4, -0.2) is 28.8 Å². The van der Waals surface area contributed by atoms with E-state index in [4.69, 9.17) is 0 Å². The van der Waals surface area contributed by atoms with E-state index in [1.807, 2.05) is 24.3 Å². The van der Waals surface area contributed by atoms with Crippen molar-refractivity contribution >= 4 is 17.3 Å². The standard InChI is InChI=1S/C24H25FN4O2/c1-17-16-22(30)23(27-29(17)21-9-5-4-8-20(21)25)24(31)26-18-10-12-19(13-11-18)28-14-6-2-3-7-15-28/h4-5,8-13,16H,2-3,6-7,14-15H2,1H3,(H,26,31). The van der Waals surface area contributed by atoms with Crippen molar-refractivity contribution in [1.82, 2.24) is 9.78 Å². The van der Waals surface area contributed by atoms with Crippen LogP contribution in [0.15, 0.2) is 59.4 Å². The Bertz CT molecular complexity index is 1130. The van der Waals surface area contributed by atoms with Crippen molar-refractivity contribution in [1.29, 1.82) is 0 Å². The Hall–Kier alpha value is -3.48. The summed E-state index contributed by atoms with van der Waals surface area (Å²) in [5.74, 6) is -1.12. The summed E-state index contributed by atoms with van der Waals surface area (Å²) in [6.07, 6.45) is 4.90. The summed E-state index contributed by atoms with van der Waals surface area (Å²) >= 11 is 0. The van der Waals surface area contributed by atoms with Gasteiger partial charge in [-0.25, -0.2) is 9.07 Å². The smallest absolute Gasteiger partial charge is 0.280 e. The number of hydrogen-bond donors (Lipinski definition) is 1. The van der Waals surface area contributed by atoms with Crippen LogP contribution in [0.5, 0.6) is 0 Å². The molecule has 1 aliphatic rings. The van der Waals surface area contributed by atoms with Gasteiger partial charge in [0.2, 0.25) is 5.43 Å². The van der Waals surface area contributed by atoms with E-state index in [1.165, 1.54) is 42.5 Å². The molecule has 7 heteroatoms. The molecule has 0 aliphatic carbocycles. The van der Waals surface area contributed by atoms with Gasteiger partial charge < -0.3 is 10.2 Å². The van der Waals surface area contributed by atoms with E-state index in [0.29, 0.717) is 11.4 Å². The fourth-order valence-electron chi connectivity index (χ4n) is 3.85. The third-order valence-electron chi connectivity index (χ3n) is 5.50. The molecule has 1 amide bonds. The number of halogens is 1. The fourth-order valence-corrected chi connectivity index (χ4v) is 3.85. The maximum absolute atomic E-state index is 14.2. The molecule has 0 spiro atoms. The van der Waals surface area contributed by atoms with Gasteiger partial charge in [0, 0.05) is 36.2 Å². The number of amides is 1. The average Bonchev–Trinajstić information content (AvgIpc) is 3.05. The lowest BCUT2D eigenvalue weighted by atomic mass is 10.2. The first kappa shape index (κ1) is 20.8. The van der Waals surface area contributed by atoms with Gasteiger partial charge in [-0.3, -0.25) is 9.59 Å². The van der Waals surface area contributed by atoms with Crippen LogP contribution < -0.4 is 15.6 Å². The normalized spacial score (nSPS) is 14.2. The van der Waals surface area contributed by atoms with Crippen LogP contribution in [0.2, 0.25) is 0 Å². The minimum atomic E-state index is -0.627. The van der Waals surface area contributed by atoms with Crippen LogP contribution in [0.1, 0.15) is 41.9 Å². The molecule has 160 valence electrons. The molecular formula is C24H25FN4O2. The van der Waals surface area contributed by atoms with Crippen LogP contribution >= 0.6 is 0 Å². The van der Waals surface area contributed by atoms with Crippen molar-refractivity contribution in [2.24, 2.45) is 0 Å². The van der Waals surface area contributed by atoms with Gasteiger partial charge in [-0.05, 0) is 56.2 Å². The summed E-state index contributed by atoms with van der Waals surface area (Å²) in [6, 6.07) is 15.0. The maximum atomic E-state index is 14.2. The molecule has 31 heavy (non-hydrogen) atoms. The molecule has 2 aromatic carbocycles. The van der Waals surface area contributed by atoms with E-state index < -0.39 is 17.2 Å². The molecule has 0 unspecified atom stereocenters. The topological polar surface area (TPSA) is 67.2 Å². The minimum absolute atomic E-state index is 0.177. The Morgan fingerprint density at radius 1 is 1.00 bits per heavy atom. The van der Waals surface area contributed by atoms with Gasteiger partial charge in [-0.1, -0.05) is 25.0 Å². The molecule has 4 rings (SSSR count). The second kappa shape index (κ2) is 9.12. The number of aryl methyl sites for hydroxylation is 1. The van der Waals surface area contributed by atoms with E-state index in [9.17, 15) is 14.0 Å². The predicted octanol–water partition coefficient (Wildman–Crippen LogP) is 4.31. The van der Waals surface area contributed by atoms with E-state index in [1.54, 1.807) is 25.1 Å². The average molecular weight is 420 g/mol. The molecule has 1 aromatic heterocycles. The second-order valence-electron chi connectivity index (χ2n) is 7.76. The van der Waals surface area contributed by atoms with Crippen LogP contribution in [0.3, 0.4) is 0 Å². The minimum Gasteiger partial charge on any atom is -0.372 e. The SMILES string of the molecule is Cc1cc(=O)c(C(=O)Nc2ccc(N3CCCCCC3)cc2)nn1-c1ccccc1F. The number of benzene rings is 2. The quantitative estimate of drug-likeness (QED) is 0.683. The molecule has 1 N–H and O–H groups in total. The summed E-state index contributed by atoms with van der Waals surface area (Å²) in [6.45, 7) is 3.72. The summed E-state index contributed by atoms with van der Waals surface area (Å²) in [5.41, 5.74) is 1.51. The van der Waals surface area contributed by atoms with Gasteiger partial charge in [0.25, 0.3) is 5.91 Å². The Labute approximate surface area is 180 Å². The molecule has 0 saturated carbocycles. The first-order valence-electron chi connectivity index (χ1n) is 10.6. The number of hydrogen-bond acceptors (Lipinski definition) is 4. The van der Waals surface area contributed by atoms with Crippen molar-refractivity contribution in [3.8, 4) is 5.69 Å². The monoisotopic (exact) mass is 420 g/mol. The lowest BCUT2D eigenvalue weighted by Gasteiger charge is -2.22. The van der Waals surface area contributed by atoms with Gasteiger partial charge in [-0.2, -0.15) is 5.10 Å². The number of nitrogens with one attached hydrogen (secondary N) is 1. The molecule has 6 nitrogen and oxygen atoms in total. The molecule has 0 atom stereocenters. The predicted molar refractivity (Wildman–Crippen MR) is 120 cm³/mol. The van der Waals surface area contributed by atoms with Gasteiger partial charge in [0.1, 0.15) is 11.5 Å². The summed E-state index contributed by atoms with van der Waals surface area (Å²) in [5, 5.41) is 6.87. The zero-order chi connectivity index (χ0) is 21.8. The van der Waals surface area contributed by atoms with Gasteiger partial charge in [0.15, 0.2) is 5.69 Å². The number of carbonyl (C=O) groups excluding carboxylic acids is 1. The highest BCUT2D eigenvalue weighted by molar-refractivity contribution is 6.02. The molecule has 1 aliphatic heterocycles. The second-order valence-corrected chi connectivity index (χ2v) is 7.76. The Kier molecular flexibility index (Phi) is 6.11. The molecule has 1 saturated heterocycles. The van der Waals surface area contributed by atoms with Crippen molar-refractivity contribution < 1.29 is 9.18 Å². The lowest BCUT2D eigenvalue weighted by molar-refractivity contribution is 0.101. The Morgan fingerprint density at radius 3 is 2.35 bits per heavy atom. The van der Waals surface area contributed by atoms with Crippen LogP contribution in [-0.2, 0) is 0 Å². The zero-order valence-corrected chi connectivity index (χ0v) is 17.5. The number of carbonyl (C=O) groups is 1. The highest BCUT2D eigenvalue weighted by Crippen LogP contribution is 2.22. The number of para-hydroxylation sites is 1. The zero-order valence-electron chi connectivity index (χ0n) is 17.5. The first-order valence-corrected chi connectivity index (χ1v) is 10.6. The third kappa shape index (κ3) is 4.66. The summed E-state index contributed by atoms with van der Waals surface area (Å²) in [7, 11) is 0. The number of nitrogens with zero attached hydrogens (tertiary/aromatic N) is 3. The maximum Gasteiger partial charge on any atom is 0.280 e. The first-order chi connectivity index (χ1) is 15.0. The highest BCUT2D eigenvalue weighted by atomic mass is 19.1. The summed E-state index contributed by atoms with van der Waals surface area (Å²) in [4.78, 5) is 27.5. The van der Waals surface area contributed by atoms with Crippen molar-refractivity contribution in [3.05, 3.63) is 82.0 Å². The molecule has 2 heterocycles. The summed E-state index contributed by atoms with van der Waals surface area (Å²) < 4.78 is 15.5. The number of aromatic nitrogens is 2. The van der Waals surface area contributed by atoms with Crippen LogP contribution in [0.25, 0.3) is 5.69 Å². The lowest BCUT2D eigenvalue weighted by Crippen LogP contribution is -2.27. The number of anilines is 2. The molecule has 0 bridgehead atoms. The third-order valence-corrected chi connectivity index (χ3v) is 5.50. The van der Waals surface area contributed by atoms with Gasteiger partial charge in [-0.15, -0.1) is 0 Å². The molecule has 0 radical (unpaired) electrons. The largest absolute Gasteiger partial charge is 0.372 e. The highest BCUT2D eigenvalue weighted by Gasteiger charge is 2.17. The van der Waals surface area contributed by atoms with Gasteiger partial charge >= 0.3 is 0 Å². The van der Waals surface area contributed by atoms with Crippen molar-refractivity contribution in [2.45, 2.75) is 32.6 Å². The Morgan fingerprint density at radius 2 is 1.68 bits per heavy atom. The van der Waals surface area contributed by atoms with E-state index in [2.05, 4.69) is 15.3 Å². The van der Waals surface area contributed by atoms with Crippen molar-refractivity contribution in [2.75, 3.05) is 23.3 Å². The fraction of sp³-hybridized carbons (Fsp3) is 0.292. The molecular weight excluding hydrogens is 395 g/mol. The van der Waals surface area contributed by atoms with Crippen molar-refractivity contribution in [3.63, 3.8) is 0 Å². The number of rotatable bonds is 4. The molecule has 3 aromatic rings. The van der Waals surface area contributed by atoms with E-state index in [-0.39, 0.29) is 11.4 Å². The van der Waals surface area contributed by atoms with E-state index >= 15 is 0 Å². The van der Waals surface area contributed by atoms with Crippen LogP contribution in [0.4, 0.5) is 15.8 Å².